The maximum absolute atomic E-state index is 11.0. The van der Waals surface area contributed by atoms with E-state index in [2.05, 4.69) is 35.2 Å². The third-order valence-corrected chi connectivity index (χ3v) is 4.10. The third kappa shape index (κ3) is 6.19. The number of amides is 1. The Bertz CT molecular complexity index is 820. The first-order valence-electron chi connectivity index (χ1n) is 8.92. The van der Waals surface area contributed by atoms with Crippen LogP contribution in [0.25, 0.3) is 0 Å². The molecule has 0 bridgehead atoms. The molecule has 0 unspecified atom stereocenters. The van der Waals surface area contributed by atoms with Crippen LogP contribution in [0.15, 0.2) is 41.5 Å². The molecule has 0 saturated carbocycles. The van der Waals surface area contributed by atoms with Crippen LogP contribution in [0, 0.1) is 13.8 Å². The Hall–Kier alpha value is -3.22. The Kier molecular flexibility index (Phi) is 8.14. The van der Waals surface area contributed by atoms with Gasteiger partial charge in [-0.05, 0) is 54.8 Å². The van der Waals surface area contributed by atoms with Gasteiger partial charge in [0, 0.05) is 6.42 Å². The number of nitrogens with zero attached hydrogens (tertiary/aromatic N) is 1. The van der Waals surface area contributed by atoms with Crippen molar-refractivity contribution in [1.82, 2.24) is 5.43 Å². The van der Waals surface area contributed by atoms with E-state index in [-0.39, 0.29) is 0 Å². The molecule has 0 saturated heterocycles. The monoisotopic (exact) mass is 386 g/mol. The summed E-state index contributed by atoms with van der Waals surface area (Å²) in [6, 6.07) is 11.4. The molecule has 0 aromatic heterocycles. The van der Waals surface area contributed by atoms with Crippen LogP contribution >= 0.6 is 0 Å². The summed E-state index contributed by atoms with van der Waals surface area (Å²) < 4.78 is 21.4. The highest BCUT2D eigenvalue weighted by atomic mass is 16.5. The second kappa shape index (κ2) is 10.8. The first kappa shape index (κ1) is 21.1. The quantitative estimate of drug-likeness (QED) is 0.402. The van der Waals surface area contributed by atoms with Crippen molar-refractivity contribution in [2.75, 3.05) is 27.4 Å². The number of methoxy groups -OCH3 is 2. The van der Waals surface area contributed by atoms with E-state index in [0.29, 0.717) is 24.7 Å². The molecule has 1 amide bonds. The number of carbonyl (C=O) groups is 1. The predicted molar refractivity (Wildman–Crippen MR) is 108 cm³/mol. The molecule has 1 N–H and O–H groups in total. The van der Waals surface area contributed by atoms with Crippen molar-refractivity contribution in [3.63, 3.8) is 0 Å². The molecule has 2 aromatic rings. The maximum Gasteiger partial charge on any atom is 0.427 e. The number of hydrazone groups is 1. The van der Waals surface area contributed by atoms with Gasteiger partial charge in [-0.15, -0.1) is 0 Å². The Morgan fingerprint density at radius 1 is 1.04 bits per heavy atom. The molecular weight excluding hydrogens is 360 g/mol. The molecule has 28 heavy (non-hydrogen) atoms. The average Bonchev–Trinajstić information content (AvgIpc) is 2.71. The zero-order valence-corrected chi connectivity index (χ0v) is 16.7. The molecular formula is C21H26N2O5. The molecule has 0 atom stereocenters. The Morgan fingerprint density at radius 3 is 2.50 bits per heavy atom. The fourth-order valence-electron chi connectivity index (χ4n) is 2.39. The van der Waals surface area contributed by atoms with Crippen LogP contribution in [0.4, 0.5) is 4.79 Å². The molecule has 7 nitrogen and oxygen atoms in total. The van der Waals surface area contributed by atoms with E-state index in [0.717, 1.165) is 23.3 Å². The van der Waals surface area contributed by atoms with Crippen LogP contribution in [-0.2, 0) is 4.74 Å². The molecule has 7 heteroatoms. The van der Waals surface area contributed by atoms with Gasteiger partial charge in [0.2, 0.25) is 0 Å². The standard InChI is InChI=1S/C21H26N2O5/c1-15-7-5-8-18(16(15)2)27-11-6-12-28-19-10-9-17(13-20(19)25-3)14-22-23-21(24)26-4/h5,7-10,13-14H,6,11-12H2,1-4H3,(H,23,24)/b22-14-. The molecule has 0 aliphatic rings. The van der Waals surface area contributed by atoms with Gasteiger partial charge in [-0.25, -0.2) is 10.2 Å². The number of ether oxygens (including phenoxy) is 4. The Balaban J connectivity index is 1.83. The number of carbonyl (C=O) groups excluding carboxylic acids is 1. The van der Waals surface area contributed by atoms with Crippen molar-refractivity contribution in [3.05, 3.63) is 53.1 Å². The zero-order valence-electron chi connectivity index (χ0n) is 16.7. The van der Waals surface area contributed by atoms with E-state index in [1.165, 1.54) is 18.9 Å². The van der Waals surface area contributed by atoms with Gasteiger partial charge >= 0.3 is 6.09 Å². The molecule has 0 spiro atoms. The number of rotatable bonds is 9. The fraction of sp³-hybridized carbons (Fsp3) is 0.333. The Labute approximate surface area is 165 Å². The molecule has 0 radical (unpaired) electrons. The number of hydrogen-bond acceptors (Lipinski definition) is 6. The molecule has 0 aliphatic carbocycles. The summed E-state index contributed by atoms with van der Waals surface area (Å²) in [5.41, 5.74) is 5.34. The predicted octanol–water partition coefficient (Wildman–Crippen LogP) is 3.85. The van der Waals surface area contributed by atoms with Crippen LogP contribution in [0.2, 0.25) is 0 Å². The zero-order chi connectivity index (χ0) is 20.4. The summed E-state index contributed by atoms with van der Waals surface area (Å²) >= 11 is 0. The molecule has 2 aromatic carbocycles. The summed E-state index contributed by atoms with van der Waals surface area (Å²) in [5, 5.41) is 3.78. The fourth-order valence-corrected chi connectivity index (χ4v) is 2.39. The van der Waals surface area contributed by atoms with E-state index in [4.69, 9.17) is 14.2 Å². The smallest absolute Gasteiger partial charge is 0.427 e. The van der Waals surface area contributed by atoms with Gasteiger partial charge in [0.15, 0.2) is 11.5 Å². The van der Waals surface area contributed by atoms with E-state index >= 15 is 0 Å². The van der Waals surface area contributed by atoms with Gasteiger partial charge in [-0.2, -0.15) is 5.10 Å². The van der Waals surface area contributed by atoms with Gasteiger partial charge in [-0.3, -0.25) is 0 Å². The van der Waals surface area contributed by atoms with Gasteiger partial charge < -0.3 is 18.9 Å². The van der Waals surface area contributed by atoms with Crippen molar-refractivity contribution in [3.8, 4) is 17.2 Å². The number of aryl methyl sites for hydroxylation is 1. The van der Waals surface area contributed by atoms with E-state index in [9.17, 15) is 4.79 Å². The van der Waals surface area contributed by atoms with Crippen molar-refractivity contribution >= 4 is 12.3 Å². The van der Waals surface area contributed by atoms with Gasteiger partial charge in [0.25, 0.3) is 0 Å². The lowest BCUT2D eigenvalue weighted by Crippen LogP contribution is -2.16. The van der Waals surface area contributed by atoms with Crippen LogP contribution < -0.4 is 19.6 Å². The van der Waals surface area contributed by atoms with Crippen molar-refractivity contribution in [2.24, 2.45) is 5.10 Å². The normalized spacial score (nSPS) is 10.6. The number of hydrogen-bond donors (Lipinski definition) is 1. The second-order valence-electron chi connectivity index (χ2n) is 6.02. The number of benzene rings is 2. The topological polar surface area (TPSA) is 78.4 Å². The van der Waals surface area contributed by atoms with Crippen LogP contribution in [0.5, 0.6) is 17.2 Å². The van der Waals surface area contributed by atoms with Crippen LogP contribution in [-0.4, -0.2) is 39.7 Å². The highest BCUT2D eigenvalue weighted by Crippen LogP contribution is 2.27. The highest BCUT2D eigenvalue weighted by molar-refractivity contribution is 5.82. The van der Waals surface area contributed by atoms with Gasteiger partial charge in [0.1, 0.15) is 5.75 Å². The Morgan fingerprint density at radius 2 is 1.79 bits per heavy atom. The lowest BCUT2D eigenvalue weighted by molar-refractivity contribution is 0.171. The summed E-state index contributed by atoms with van der Waals surface area (Å²) in [7, 11) is 2.84. The lowest BCUT2D eigenvalue weighted by Gasteiger charge is -2.13. The lowest BCUT2D eigenvalue weighted by atomic mass is 10.1. The summed E-state index contributed by atoms with van der Waals surface area (Å²) in [6.07, 6.45) is 1.59. The third-order valence-electron chi connectivity index (χ3n) is 4.10. The SMILES string of the molecule is COC(=O)N/N=C\c1ccc(OCCCOc2cccc(C)c2C)c(OC)c1. The maximum atomic E-state index is 11.0. The van der Waals surface area contributed by atoms with E-state index < -0.39 is 6.09 Å². The largest absolute Gasteiger partial charge is 0.493 e. The average molecular weight is 386 g/mol. The van der Waals surface area contributed by atoms with E-state index in [1.807, 2.05) is 18.2 Å². The van der Waals surface area contributed by atoms with Crippen molar-refractivity contribution in [1.29, 1.82) is 0 Å². The van der Waals surface area contributed by atoms with Crippen LogP contribution in [0.1, 0.15) is 23.1 Å². The minimum atomic E-state index is -0.633. The van der Waals surface area contributed by atoms with E-state index in [1.54, 1.807) is 19.2 Å². The summed E-state index contributed by atoms with van der Waals surface area (Å²) in [5.74, 6) is 2.12. The molecule has 0 heterocycles. The van der Waals surface area contributed by atoms with Crippen molar-refractivity contribution < 1.29 is 23.7 Å². The summed E-state index contributed by atoms with van der Waals surface area (Å²) in [4.78, 5) is 11.0. The second-order valence-corrected chi connectivity index (χ2v) is 6.02. The number of nitrogens with one attached hydrogen (secondary N) is 1. The van der Waals surface area contributed by atoms with Crippen LogP contribution in [0.3, 0.4) is 0 Å². The van der Waals surface area contributed by atoms with Crippen molar-refractivity contribution in [2.45, 2.75) is 20.3 Å². The molecule has 2 rings (SSSR count). The minimum absolute atomic E-state index is 0.499. The first-order chi connectivity index (χ1) is 13.5. The molecule has 0 fully saturated rings. The minimum Gasteiger partial charge on any atom is -0.493 e. The van der Waals surface area contributed by atoms with Gasteiger partial charge in [-0.1, -0.05) is 12.1 Å². The summed E-state index contributed by atoms with van der Waals surface area (Å²) in [6.45, 7) is 5.18. The van der Waals surface area contributed by atoms with Gasteiger partial charge in [0.05, 0.1) is 33.6 Å². The molecule has 150 valence electrons. The first-order valence-corrected chi connectivity index (χ1v) is 8.92. The highest BCUT2D eigenvalue weighted by Gasteiger charge is 2.06. The molecule has 0 aliphatic heterocycles.